The molecule has 1 unspecified atom stereocenters. The third kappa shape index (κ3) is 4.70. The molecule has 0 radical (unpaired) electrons. The number of thiophene rings is 1. The van der Waals surface area contributed by atoms with Crippen molar-refractivity contribution in [3.63, 3.8) is 0 Å². The van der Waals surface area contributed by atoms with Gasteiger partial charge in [-0.25, -0.2) is 8.42 Å². The average Bonchev–Trinajstić information content (AvgIpc) is 3.16. The summed E-state index contributed by atoms with van der Waals surface area (Å²) in [5.41, 5.74) is 2.20. The van der Waals surface area contributed by atoms with Crippen LogP contribution in [-0.2, 0) is 23.0 Å². The number of likely N-dealkylation sites (N-methyl/N-ethyl adjacent to an activating group) is 1. The van der Waals surface area contributed by atoms with Crippen LogP contribution in [0, 0.1) is 0 Å². The zero-order valence-electron chi connectivity index (χ0n) is 15.3. The maximum atomic E-state index is 13.1. The SMILES string of the molecule is CNC(C)CNC(=O)c1sccc1S(=O)(=O)N1CCc2ccccc2C1.Cl. The Hall–Kier alpha value is -1.45. The molecular weight excluding hydrogens is 406 g/mol. The Morgan fingerprint density at radius 1 is 1.26 bits per heavy atom. The molecule has 148 valence electrons. The van der Waals surface area contributed by atoms with E-state index in [1.807, 2.05) is 38.2 Å². The molecule has 0 saturated heterocycles. The molecule has 1 amide bonds. The number of sulfonamides is 1. The van der Waals surface area contributed by atoms with Crippen molar-refractivity contribution >= 4 is 39.7 Å². The van der Waals surface area contributed by atoms with Crippen molar-refractivity contribution in [2.24, 2.45) is 0 Å². The monoisotopic (exact) mass is 429 g/mol. The maximum absolute atomic E-state index is 13.1. The van der Waals surface area contributed by atoms with Gasteiger partial charge in [-0.05, 0) is 43.0 Å². The van der Waals surface area contributed by atoms with Gasteiger partial charge < -0.3 is 10.6 Å². The van der Waals surface area contributed by atoms with E-state index >= 15 is 0 Å². The fourth-order valence-corrected chi connectivity index (χ4v) is 5.64. The van der Waals surface area contributed by atoms with Gasteiger partial charge in [0.25, 0.3) is 5.91 Å². The predicted octanol–water partition coefficient (Wildman–Crippen LogP) is 2.25. The molecule has 1 aliphatic heterocycles. The van der Waals surface area contributed by atoms with Crippen molar-refractivity contribution in [3.05, 3.63) is 51.7 Å². The molecule has 6 nitrogen and oxygen atoms in total. The molecule has 0 aliphatic carbocycles. The zero-order chi connectivity index (χ0) is 18.7. The highest BCUT2D eigenvalue weighted by Gasteiger charge is 2.32. The first kappa shape index (κ1) is 21.8. The molecule has 1 aromatic carbocycles. The molecule has 2 heterocycles. The van der Waals surface area contributed by atoms with Crippen LogP contribution in [0.5, 0.6) is 0 Å². The summed E-state index contributed by atoms with van der Waals surface area (Å²) >= 11 is 1.16. The van der Waals surface area contributed by atoms with Crippen LogP contribution < -0.4 is 10.6 Å². The number of nitrogens with zero attached hydrogens (tertiary/aromatic N) is 1. The average molecular weight is 430 g/mol. The van der Waals surface area contributed by atoms with Gasteiger partial charge in [0.1, 0.15) is 9.77 Å². The molecule has 0 fully saturated rings. The van der Waals surface area contributed by atoms with Crippen LogP contribution >= 0.6 is 23.7 Å². The Morgan fingerprint density at radius 2 is 1.96 bits per heavy atom. The minimum atomic E-state index is -3.71. The highest BCUT2D eigenvalue weighted by atomic mass is 35.5. The quantitative estimate of drug-likeness (QED) is 0.738. The smallest absolute Gasteiger partial charge is 0.262 e. The first-order chi connectivity index (χ1) is 12.4. The number of fused-ring (bicyclic) bond motifs is 1. The van der Waals surface area contributed by atoms with E-state index in [0.717, 1.165) is 16.9 Å². The second-order valence-electron chi connectivity index (χ2n) is 6.37. The molecule has 0 spiro atoms. The number of amides is 1. The van der Waals surface area contributed by atoms with Gasteiger partial charge in [-0.15, -0.1) is 23.7 Å². The molecule has 1 atom stereocenters. The Kier molecular flexibility index (Phi) is 7.41. The molecule has 3 rings (SSSR count). The van der Waals surface area contributed by atoms with Crippen molar-refractivity contribution in [1.29, 1.82) is 0 Å². The van der Waals surface area contributed by atoms with E-state index in [1.165, 1.54) is 15.9 Å². The Balaban J connectivity index is 0.00000261. The van der Waals surface area contributed by atoms with E-state index in [9.17, 15) is 13.2 Å². The van der Waals surface area contributed by atoms with Gasteiger partial charge in [0.15, 0.2) is 0 Å². The highest BCUT2D eigenvalue weighted by molar-refractivity contribution is 7.89. The Bertz CT molecular complexity index is 899. The summed E-state index contributed by atoms with van der Waals surface area (Å²) in [7, 11) is -1.90. The van der Waals surface area contributed by atoms with Crippen molar-refractivity contribution < 1.29 is 13.2 Å². The lowest BCUT2D eigenvalue weighted by molar-refractivity contribution is 0.0951. The second-order valence-corrected chi connectivity index (χ2v) is 9.19. The van der Waals surface area contributed by atoms with Gasteiger partial charge in [-0.1, -0.05) is 24.3 Å². The first-order valence-electron chi connectivity index (χ1n) is 8.53. The predicted molar refractivity (Wildman–Crippen MR) is 110 cm³/mol. The van der Waals surface area contributed by atoms with Crippen molar-refractivity contribution in [2.75, 3.05) is 20.1 Å². The molecule has 1 aromatic heterocycles. The number of hydrogen-bond donors (Lipinski definition) is 2. The Labute approximate surface area is 170 Å². The lowest BCUT2D eigenvalue weighted by Gasteiger charge is -2.28. The lowest BCUT2D eigenvalue weighted by atomic mass is 10.0. The number of benzene rings is 1. The molecule has 9 heteroatoms. The number of halogens is 1. The van der Waals surface area contributed by atoms with Crippen LogP contribution in [0.25, 0.3) is 0 Å². The molecule has 2 N–H and O–H groups in total. The fourth-order valence-electron chi connectivity index (χ4n) is 2.91. The molecule has 27 heavy (non-hydrogen) atoms. The maximum Gasteiger partial charge on any atom is 0.262 e. The third-order valence-electron chi connectivity index (χ3n) is 4.61. The van der Waals surface area contributed by atoms with Crippen LogP contribution in [0.1, 0.15) is 27.7 Å². The van der Waals surface area contributed by atoms with Gasteiger partial charge in [-0.3, -0.25) is 4.79 Å². The number of carbonyl (C=O) groups excluding carboxylic acids is 1. The van der Waals surface area contributed by atoms with Gasteiger partial charge in [0.2, 0.25) is 10.0 Å². The molecule has 0 saturated carbocycles. The summed E-state index contributed by atoms with van der Waals surface area (Å²) < 4.78 is 27.7. The molecule has 1 aliphatic rings. The second kappa shape index (κ2) is 9.16. The standard InChI is InChI=1S/C18H23N3O3S2.ClH/c1-13(19-2)11-20-18(22)17-16(8-10-25-17)26(23,24)21-9-7-14-5-3-4-6-15(14)12-21;/h3-6,8,10,13,19H,7,9,11-12H2,1-2H3,(H,20,22);1H. The first-order valence-corrected chi connectivity index (χ1v) is 10.9. The van der Waals surface area contributed by atoms with Crippen molar-refractivity contribution in [2.45, 2.75) is 30.8 Å². The third-order valence-corrected chi connectivity index (χ3v) is 7.54. The zero-order valence-corrected chi connectivity index (χ0v) is 17.7. The topological polar surface area (TPSA) is 78.5 Å². The minimum Gasteiger partial charge on any atom is -0.350 e. The fraction of sp³-hybridized carbons (Fsp3) is 0.389. The Morgan fingerprint density at radius 3 is 2.67 bits per heavy atom. The molecule has 0 bridgehead atoms. The number of carbonyl (C=O) groups is 1. The van der Waals surface area contributed by atoms with Gasteiger partial charge in [0.05, 0.1) is 0 Å². The van der Waals surface area contributed by atoms with E-state index in [0.29, 0.717) is 26.1 Å². The summed E-state index contributed by atoms with van der Waals surface area (Å²) in [5, 5.41) is 7.48. The minimum absolute atomic E-state index is 0. The van der Waals surface area contributed by atoms with E-state index in [-0.39, 0.29) is 34.1 Å². The molecule has 2 aromatic rings. The summed E-state index contributed by atoms with van der Waals surface area (Å²) in [4.78, 5) is 12.8. The van der Waals surface area contributed by atoms with Gasteiger partial charge >= 0.3 is 0 Å². The van der Waals surface area contributed by atoms with Crippen LogP contribution in [0.15, 0.2) is 40.6 Å². The lowest BCUT2D eigenvalue weighted by Crippen LogP contribution is -2.39. The van der Waals surface area contributed by atoms with Crippen LogP contribution in [0.2, 0.25) is 0 Å². The number of rotatable bonds is 6. The number of nitrogens with one attached hydrogen (secondary N) is 2. The number of hydrogen-bond acceptors (Lipinski definition) is 5. The van der Waals surface area contributed by atoms with E-state index < -0.39 is 10.0 Å². The normalized spacial score (nSPS) is 15.5. The van der Waals surface area contributed by atoms with Crippen LogP contribution in [0.4, 0.5) is 0 Å². The summed E-state index contributed by atoms with van der Waals surface area (Å²) in [5.74, 6) is -0.349. The summed E-state index contributed by atoms with van der Waals surface area (Å²) in [6.45, 7) is 3.14. The van der Waals surface area contributed by atoms with E-state index in [1.54, 1.807) is 5.38 Å². The summed E-state index contributed by atoms with van der Waals surface area (Å²) in [6.07, 6.45) is 0.681. The van der Waals surface area contributed by atoms with Crippen molar-refractivity contribution in [3.8, 4) is 0 Å². The largest absolute Gasteiger partial charge is 0.350 e. The van der Waals surface area contributed by atoms with Crippen LogP contribution in [0.3, 0.4) is 0 Å². The van der Waals surface area contributed by atoms with Crippen molar-refractivity contribution in [1.82, 2.24) is 14.9 Å². The van der Waals surface area contributed by atoms with E-state index in [2.05, 4.69) is 10.6 Å². The van der Waals surface area contributed by atoms with E-state index in [4.69, 9.17) is 0 Å². The highest BCUT2D eigenvalue weighted by Crippen LogP contribution is 2.29. The van der Waals surface area contributed by atoms with Gasteiger partial charge in [0, 0.05) is 25.7 Å². The van der Waals surface area contributed by atoms with Gasteiger partial charge in [-0.2, -0.15) is 4.31 Å². The van der Waals surface area contributed by atoms with Crippen LogP contribution in [-0.4, -0.2) is 44.8 Å². The summed E-state index contributed by atoms with van der Waals surface area (Å²) in [6, 6.07) is 9.51. The molecular formula is C18H24ClN3O3S2.